The Morgan fingerprint density at radius 3 is 2.17 bits per heavy atom. The first-order valence-electron chi connectivity index (χ1n) is 17.7. The van der Waals surface area contributed by atoms with Crippen LogP contribution in [0.2, 0.25) is 0 Å². The van der Waals surface area contributed by atoms with Gasteiger partial charge in [0.05, 0.1) is 0 Å². The summed E-state index contributed by atoms with van der Waals surface area (Å²) < 4.78 is 0. The Hall–Kier alpha value is -2.10. The molecule has 0 amide bonds. The van der Waals surface area contributed by atoms with E-state index in [-0.39, 0.29) is 5.41 Å². The smallest absolute Gasteiger partial charge is 0.299 e. The molecule has 3 aliphatic carbocycles. The van der Waals surface area contributed by atoms with Gasteiger partial charge in [0.15, 0.2) is 5.75 Å². The highest BCUT2D eigenvalue weighted by Crippen LogP contribution is 2.59. The molecule has 0 N–H and O–H groups in total. The maximum absolute atomic E-state index is 12.6. The molecular weight excluding hydrogens is 520 g/mol. The minimum absolute atomic E-state index is 0.0877. The van der Waals surface area contributed by atoms with Crippen molar-refractivity contribution in [3.05, 3.63) is 41.5 Å². The van der Waals surface area contributed by atoms with Crippen molar-refractivity contribution in [1.82, 2.24) is 0 Å². The van der Waals surface area contributed by atoms with Crippen molar-refractivity contribution in [3.8, 4) is 5.75 Å². The molecule has 0 saturated heterocycles. The molecule has 0 unspecified atom stereocenters. The van der Waals surface area contributed by atoms with Crippen molar-refractivity contribution in [2.75, 3.05) is 0 Å². The highest BCUT2D eigenvalue weighted by molar-refractivity contribution is 5.87. The number of rotatable bonds is 19. The van der Waals surface area contributed by atoms with Crippen molar-refractivity contribution in [3.63, 3.8) is 0 Å². The Balaban J connectivity index is 1.02. The van der Waals surface area contributed by atoms with Gasteiger partial charge in [-0.15, -0.1) is 0 Å². The van der Waals surface area contributed by atoms with Gasteiger partial charge in [-0.05, 0) is 86.0 Å². The van der Waals surface area contributed by atoms with Crippen LogP contribution < -0.4 is 4.89 Å². The molecule has 1 aromatic rings. The van der Waals surface area contributed by atoms with E-state index in [2.05, 4.69) is 19.9 Å². The fourth-order valence-electron chi connectivity index (χ4n) is 8.31. The number of carbonyl (C=O) groups excluding carboxylic acids is 2. The summed E-state index contributed by atoms with van der Waals surface area (Å²) in [5, 5.41) is 0. The third kappa shape index (κ3) is 9.20. The number of hydrogen-bond donors (Lipinski definition) is 0. The number of carbonyl (C=O) groups is 2. The molecule has 2 saturated carbocycles. The van der Waals surface area contributed by atoms with E-state index >= 15 is 0 Å². The van der Waals surface area contributed by atoms with E-state index in [4.69, 9.17) is 9.78 Å². The average Bonchev–Trinajstić information content (AvgIpc) is 3.31. The van der Waals surface area contributed by atoms with Crippen LogP contribution in [-0.4, -0.2) is 11.8 Å². The lowest BCUT2D eigenvalue weighted by Crippen LogP contribution is -2.42. The molecule has 0 heterocycles. The average molecular weight is 579 g/mol. The predicted octanol–water partition coefficient (Wildman–Crippen LogP) is 10.8. The van der Waals surface area contributed by atoms with Crippen LogP contribution in [0, 0.1) is 17.3 Å². The summed E-state index contributed by atoms with van der Waals surface area (Å²) in [6.07, 6.45) is 30.8. The molecule has 0 radical (unpaired) electrons. The van der Waals surface area contributed by atoms with Crippen LogP contribution in [0.3, 0.4) is 0 Å². The fraction of sp³-hybridized carbons (Fsp3) is 0.737. The predicted molar refractivity (Wildman–Crippen MR) is 171 cm³/mol. The van der Waals surface area contributed by atoms with E-state index in [1.54, 1.807) is 0 Å². The van der Waals surface area contributed by atoms with E-state index in [1.165, 1.54) is 107 Å². The van der Waals surface area contributed by atoms with Crippen molar-refractivity contribution in [2.24, 2.45) is 17.3 Å². The van der Waals surface area contributed by atoms with Gasteiger partial charge in [0.1, 0.15) is 5.78 Å². The summed E-state index contributed by atoms with van der Waals surface area (Å²) in [6, 6.07) is 6.15. The second kappa shape index (κ2) is 17.3. The van der Waals surface area contributed by atoms with Crippen LogP contribution in [0.25, 0.3) is 0 Å². The summed E-state index contributed by atoms with van der Waals surface area (Å²) in [5.41, 5.74) is 2.63. The van der Waals surface area contributed by atoms with Crippen LogP contribution in [0.1, 0.15) is 166 Å². The number of benzene rings is 1. The zero-order chi connectivity index (χ0) is 29.6. The summed E-state index contributed by atoms with van der Waals surface area (Å²) in [7, 11) is 0. The quantitative estimate of drug-likeness (QED) is 0.0709. The lowest BCUT2D eigenvalue weighted by atomic mass is 9.55. The largest absolute Gasteiger partial charge is 0.378 e. The van der Waals surface area contributed by atoms with Gasteiger partial charge in [0, 0.05) is 17.9 Å². The van der Waals surface area contributed by atoms with Crippen LogP contribution in [0.4, 0.5) is 0 Å². The minimum Gasteiger partial charge on any atom is -0.299 e. The molecule has 4 heteroatoms. The molecule has 234 valence electrons. The zero-order valence-electron chi connectivity index (χ0n) is 26.8. The van der Waals surface area contributed by atoms with Gasteiger partial charge in [-0.25, -0.2) is 9.68 Å². The summed E-state index contributed by atoms with van der Waals surface area (Å²) in [4.78, 5) is 35.2. The molecule has 3 aliphatic rings. The number of unbranched alkanes of at least 4 members (excludes halogenated alkanes) is 15. The number of aryl methyl sites for hydroxylation is 1. The lowest BCUT2D eigenvalue weighted by Gasteiger charge is -2.48. The Labute approximate surface area is 256 Å². The van der Waals surface area contributed by atoms with E-state index < -0.39 is 5.97 Å². The molecule has 2 fully saturated rings. The number of Topliss-reactive ketones (excluding diaryl/α,β-unsaturated/α-hetero) is 1. The first kappa shape index (κ1) is 32.8. The van der Waals surface area contributed by atoms with Crippen molar-refractivity contribution in [1.29, 1.82) is 0 Å². The Morgan fingerprint density at radius 1 is 0.857 bits per heavy atom. The van der Waals surface area contributed by atoms with Crippen LogP contribution in [0.15, 0.2) is 30.4 Å². The fourth-order valence-corrected chi connectivity index (χ4v) is 8.31. The SMILES string of the molecule is CCCCCCCCCCCCCCCCCC=CC(=O)OOc1ccc2c(c1)CC[C@@H]1[C@@H]2CC[C@]2(C)C(=O)CC[C@@H]12. The van der Waals surface area contributed by atoms with Gasteiger partial charge in [-0.3, -0.25) is 9.68 Å². The number of ketones is 1. The van der Waals surface area contributed by atoms with Gasteiger partial charge < -0.3 is 0 Å². The maximum Gasteiger partial charge on any atom is 0.378 e. The third-order valence-electron chi connectivity index (χ3n) is 10.9. The first-order valence-corrected chi connectivity index (χ1v) is 17.7. The van der Waals surface area contributed by atoms with E-state index in [1.807, 2.05) is 18.2 Å². The monoisotopic (exact) mass is 578 g/mol. The molecule has 0 aliphatic heterocycles. The van der Waals surface area contributed by atoms with E-state index in [0.29, 0.717) is 29.3 Å². The molecule has 4 atom stereocenters. The molecule has 4 nitrogen and oxygen atoms in total. The molecule has 0 spiro atoms. The molecule has 1 aromatic carbocycles. The topological polar surface area (TPSA) is 52.6 Å². The van der Waals surface area contributed by atoms with E-state index in [9.17, 15) is 9.59 Å². The van der Waals surface area contributed by atoms with Crippen LogP contribution in [-0.2, 0) is 20.9 Å². The van der Waals surface area contributed by atoms with Gasteiger partial charge >= 0.3 is 5.97 Å². The van der Waals surface area contributed by atoms with Crippen molar-refractivity contribution >= 4 is 11.8 Å². The van der Waals surface area contributed by atoms with Crippen molar-refractivity contribution < 1.29 is 19.4 Å². The van der Waals surface area contributed by atoms with Crippen LogP contribution in [0.5, 0.6) is 5.75 Å². The normalized spacial score (nSPS) is 24.8. The minimum atomic E-state index is -0.453. The van der Waals surface area contributed by atoms with Gasteiger partial charge in [0.2, 0.25) is 0 Å². The Morgan fingerprint density at radius 2 is 1.50 bits per heavy atom. The Bertz CT molecular complexity index is 1010. The molecular formula is C38H58O4. The Kier molecular flexibility index (Phi) is 13.5. The summed E-state index contributed by atoms with van der Waals surface area (Å²) in [6.45, 7) is 4.50. The highest BCUT2D eigenvalue weighted by atomic mass is 17.2. The lowest BCUT2D eigenvalue weighted by molar-refractivity contribution is -0.207. The molecule has 4 rings (SSSR count). The molecule has 0 bridgehead atoms. The van der Waals surface area contributed by atoms with Crippen molar-refractivity contribution in [2.45, 2.75) is 161 Å². The maximum atomic E-state index is 12.6. The number of allylic oxidation sites excluding steroid dienone is 1. The number of hydrogen-bond acceptors (Lipinski definition) is 4. The second-order valence-corrected chi connectivity index (χ2v) is 13.8. The standard InChI is InChI=1S/C38H58O4/c1-3-4-5-6-7-8-9-10-11-12-13-14-15-16-17-18-19-20-37(40)42-41-31-22-24-32-30(29-31)21-23-34-33(32)27-28-38(2)35(34)25-26-36(38)39/h19-20,22,24,29,33-35H,3-18,21,23,25-28H2,1-2H3/t33-,34-,35+,38+/m1/s1. The zero-order valence-corrected chi connectivity index (χ0v) is 26.8. The second-order valence-electron chi connectivity index (χ2n) is 13.8. The summed E-state index contributed by atoms with van der Waals surface area (Å²) in [5.74, 6) is 2.32. The molecule has 42 heavy (non-hydrogen) atoms. The third-order valence-corrected chi connectivity index (χ3v) is 10.9. The van der Waals surface area contributed by atoms with Gasteiger partial charge in [-0.1, -0.05) is 116 Å². The number of fused-ring (bicyclic) bond motifs is 5. The first-order chi connectivity index (χ1) is 20.5. The van der Waals surface area contributed by atoms with Crippen LogP contribution >= 0.6 is 0 Å². The van der Waals surface area contributed by atoms with Gasteiger partial charge in [0.25, 0.3) is 0 Å². The van der Waals surface area contributed by atoms with Gasteiger partial charge in [-0.2, -0.15) is 0 Å². The highest BCUT2D eigenvalue weighted by Gasteiger charge is 2.54. The van der Waals surface area contributed by atoms with E-state index in [0.717, 1.165) is 51.4 Å². The summed E-state index contributed by atoms with van der Waals surface area (Å²) >= 11 is 0. The molecule has 0 aromatic heterocycles.